The number of hydrogen-bond acceptors (Lipinski definition) is 1. The zero-order chi connectivity index (χ0) is 13.3. The van der Waals surface area contributed by atoms with E-state index in [1.165, 1.54) is 6.07 Å². The van der Waals surface area contributed by atoms with Crippen molar-refractivity contribution in [3.05, 3.63) is 35.1 Å². The molecule has 98 valence electrons. The summed E-state index contributed by atoms with van der Waals surface area (Å²) < 4.78 is 50.5. The Morgan fingerprint density at radius 2 is 2.06 bits per heavy atom. The van der Waals surface area contributed by atoms with Crippen LogP contribution in [0.15, 0.2) is 18.2 Å². The van der Waals surface area contributed by atoms with Crippen LogP contribution < -0.4 is 5.32 Å². The minimum absolute atomic E-state index is 0.0989. The van der Waals surface area contributed by atoms with E-state index in [1.54, 1.807) is 0 Å². The maximum absolute atomic E-state index is 13.1. The lowest BCUT2D eigenvalue weighted by Crippen LogP contribution is -2.27. The number of hydrogen-bond donors (Lipinski definition) is 1. The Morgan fingerprint density at radius 3 is 2.61 bits per heavy atom. The number of halogens is 4. The molecule has 0 radical (unpaired) electrons. The van der Waals surface area contributed by atoms with Gasteiger partial charge in [-0.05, 0) is 30.5 Å². The quantitative estimate of drug-likeness (QED) is 0.815. The summed E-state index contributed by atoms with van der Waals surface area (Å²) in [7, 11) is 0. The predicted octanol–water partition coefficient (Wildman–Crippen LogP) is 2.67. The molecular weight excluding hydrogens is 250 g/mol. The first-order valence-electron chi connectivity index (χ1n) is 5.51. The number of carbonyl (C=O) groups is 1. The fourth-order valence-corrected chi connectivity index (χ4v) is 2.03. The van der Waals surface area contributed by atoms with Gasteiger partial charge in [-0.2, -0.15) is 13.2 Å². The fraction of sp³-hybridized carbons (Fsp3) is 0.417. The van der Waals surface area contributed by atoms with Gasteiger partial charge in [0, 0.05) is 12.5 Å². The third-order valence-corrected chi connectivity index (χ3v) is 2.90. The number of rotatable bonds is 2. The van der Waals surface area contributed by atoms with Crippen LogP contribution in [0.1, 0.15) is 24.0 Å². The highest BCUT2D eigenvalue weighted by Crippen LogP contribution is 2.32. The predicted molar refractivity (Wildman–Crippen MR) is 56.3 cm³/mol. The SMILES string of the molecule is O=C1CCC(Cc2ccc(F)c(C(F)(F)F)c2)N1. The van der Waals surface area contributed by atoms with Crippen LogP contribution in [0.3, 0.4) is 0 Å². The van der Waals surface area contributed by atoms with Crippen LogP contribution in [0.5, 0.6) is 0 Å². The molecule has 0 saturated carbocycles. The first kappa shape index (κ1) is 12.9. The first-order chi connectivity index (χ1) is 8.36. The number of nitrogens with one attached hydrogen (secondary N) is 1. The van der Waals surface area contributed by atoms with Crippen LogP contribution in [-0.2, 0) is 17.4 Å². The third kappa shape index (κ3) is 2.80. The highest BCUT2D eigenvalue weighted by molar-refractivity contribution is 5.78. The molecule has 0 spiro atoms. The van der Waals surface area contributed by atoms with Crippen molar-refractivity contribution in [2.45, 2.75) is 31.5 Å². The summed E-state index contributed by atoms with van der Waals surface area (Å²) in [5.41, 5.74) is -0.889. The van der Waals surface area contributed by atoms with Crippen molar-refractivity contribution >= 4 is 5.91 Å². The summed E-state index contributed by atoms with van der Waals surface area (Å²) in [5.74, 6) is -1.38. The summed E-state index contributed by atoms with van der Waals surface area (Å²) in [6.45, 7) is 0. The molecule has 1 aromatic carbocycles. The molecule has 1 aliphatic heterocycles. The second kappa shape index (κ2) is 4.59. The molecule has 1 aromatic rings. The molecule has 1 N–H and O–H groups in total. The van der Waals surface area contributed by atoms with E-state index in [4.69, 9.17) is 0 Å². The van der Waals surface area contributed by atoms with Crippen molar-refractivity contribution in [1.29, 1.82) is 0 Å². The molecule has 1 amide bonds. The number of amides is 1. The summed E-state index contributed by atoms with van der Waals surface area (Å²) >= 11 is 0. The maximum atomic E-state index is 13.1. The van der Waals surface area contributed by atoms with Gasteiger partial charge in [-0.3, -0.25) is 4.79 Å². The second-order valence-electron chi connectivity index (χ2n) is 4.32. The highest BCUT2D eigenvalue weighted by Gasteiger charge is 2.34. The van der Waals surface area contributed by atoms with Gasteiger partial charge in [0.05, 0.1) is 5.56 Å². The molecule has 1 atom stereocenters. The van der Waals surface area contributed by atoms with Crippen molar-refractivity contribution in [2.24, 2.45) is 0 Å². The lowest BCUT2D eigenvalue weighted by Gasteiger charge is -2.13. The second-order valence-corrected chi connectivity index (χ2v) is 4.32. The van der Waals surface area contributed by atoms with E-state index < -0.39 is 17.6 Å². The Morgan fingerprint density at radius 1 is 1.33 bits per heavy atom. The Kier molecular flexibility index (Phi) is 3.28. The van der Waals surface area contributed by atoms with E-state index >= 15 is 0 Å². The van der Waals surface area contributed by atoms with E-state index in [9.17, 15) is 22.4 Å². The molecule has 6 heteroatoms. The largest absolute Gasteiger partial charge is 0.419 e. The van der Waals surface area contributed by atoms with Gasteiger partial charge in [-0.25, -0.2) is 4.39 Å². The molecule has 0 aliphatic carbocycles. The topological polar surface area (TPSA) is 29.1 Å². The van der Waals surface area contributed by atoms with Gasteiger partial charge < -0.3 is 5.32 Å². The van der Waals surface area contributed by atoms with Crippen LogP contribution >= 0.6 is 0 Å². The van der Waals surface area contributed by atoms with Crippen LogP contribution in [0.2, 0.25) is 0 Å². The molecular formula is C12H11F4NO. The minimum atomic E-state index is -4.70. The van der Waals surface area contributed by atoms with Gasteiger partial charge in [-0.15, -0.1) is 0 Å². The summed E-state index contributed by atoms with van der Waals surface area (Å²) in [5, 5.41) is 2.66. The Labute approximate surface area is 101 Å². The molecule has 1 aliphatic rings. The summed E-state index contributed by atoms with van der Waals surface area (Å²) in [4.78, 5) is 11.0. The third-order valence-electron chi connectivity index (χ3n) is 2.90. The standard InChI is InChI=1S/C12H11F4NO/c13-10-3-1-7(6-9(10)12(14,15)16)5-8-2-4-11(18)17-8/h1,3,6,8H,2,4-5H2,(H,17,18). The first-order valence-corrected chi connectivity index (χ1v) is 5.51. The van der Waals surface area contributed by atoms with Crippen molar-refractivity contribution in [3.8, 4) is 0 Å². The normalized spacial score (nSPS) is 20.0. The molecule has 1 saturated heterocycles. The van der Waals surface area contributed by atoms with Crippen LogP contribution in [0.25, 0.3) is 0 Å². The Bertz CT molecular complexity index is 470. The van der Waals surface area contributed by atoms with E-state index in [0.717, 1.165) is 12.1 Å². The number of benzene rings is 1. The van der Waals surface area contributed by atoms with Crippen LogP contribution in [0, 0.1) is 5.82 Å². The van der Waals surface area contributed by atoms with Crippen molar-refractivity contribution in [3.63, 3.8) is 0 Å². The highest BCUT2D eigenvalue weighted by atomic mass is 19.4. The monoisotopic (exact) mass is 261 g/mol. The van der Waals surface area contributed by atoms with Crippen molar-refractivity contribution in [1.82, 2.24) is 5.32 Å². The molecule has 0 bridgehead atoms. The smallest absolute Gasteiger partial charge is 0.353 e. The van der Waals surface area contributed by atoms with Gasteiger partial charge in [0.1, 0.15) is 5.82 Å². The minimum Gasteiger partial charge on any atom is -0.353 e. The summed E-state index contributed by atoms with van der Waals surface area (Å²) in [6, 6.07) is 2.77. The number of carbonyl (C=O) groups excluding carboxylic acids is 1. The zero-order valence-corrected chi connectivity index (χ0v) is 9.35. The average Bonchev–Trinajstić information content (AvgIpc) is 2.65. The van der Waals surface area contributed by atoms with E-state index in [1.807, 2.05) is 0 Å². The molecule has 18 heavy (non-hydrogen) atoms. The van der Waals surface area contributed by atoms with Gasteiger partial charge >= 0.3 is 6.18 Å². The van der Waals surface area contributed by atoms with Gasteiger partial charge in [0.15, 0.2) is 0 Å². The lowest BCUT2D eigenvalue weighted by atomic mass is 10.0. The Balaban J connectivity index is 2.17. The molecule has 2 nitrogen and oxygen atoms in total. The van der Waals surface area contributed by atoms with E-state index in [2.05, 4.69) is 5.32 Å². The van der Waals surface area contributed by atoms with Crippen molar-refractivity contribution in [2.75, 3.05) is 0 Å². The Hall–Kier alpha value is -1.59. The van der Waals surface area contributed by atoms with E-state index in [-0.39, 0.29) is 18.4 Å². The average molecular weight is 261 g/mol. The van der Waals surface area contributed by atoms with Gasteiger partial charge in [-0.1, -0.05) is 6.07 Å². The maximum Gasteiger partial charge on any atom is 0.419 e. The summed E-state index contributed by atoms with van der Waals surface area (Å²) in [6.07, 6.45) is -3.43. The van der Waals surface area contributed by atoms with Crippen LogP contribution in [0.4, 0.5) is 17.6 Å². The molecule has 0 aromatic heterocycles. The van der Waals surface area contributed by atoms with Crippen molar-refractivity contribution < 1.29 is 22.4 Å². The molecule has 1 heterocycles. The number of alkyl halides is 3. The molecule has 2 rings (SSSR count). The van der Waals surface area contributed by atoms with Gasteiger partial charge in [0.2, 0.25) is 5.91 Å². The fourth-order valence-electron chi connectivity index (χ4n) is 2.03. The van der Waals surface area contributed by atoms with E-state index in [0.29, 0.717) is 18.4 Å². The lowest BCUT2D eigenvalue weighted by molar-refractivity contribution is -0.140. The van der Waals surface area contributed by atoms with Crippen LogP contribution in [-0.4, -0.2) is 11.9 Å². The molecule has 1 unspecified atom stereocenters. The molecule has 1 fully saturated rings. The van der Waals surface area contributed by atoms with Gasteiger partial charge in [0.25, 0.3) is 0 Å². The zero-order valence-electron chi connectivity index (χ0n) is 9.35.